The van der Waals surface area contributed by atoms with Crippen LogP contribution in [0.3, 0.4) is 0 Å². The maximum absolute atomic E-state index is 12.6. The highest BCUT2D eigenvalue weighted by atomic mass is 16.5. The predicted octanol–water partition coefficient (Wildman–Crippen LogP) is 26.0. The van der Waals surface area contributed by atoms with Gasteiger partial charge in [-0.25, -0.2) is 0 Å². The fourth-order valence-electron chi connectivity index (χ4n) is 12.7. The topological polar surface area (TPSA) is 95.9 Å². The molecular weight excluding hydrogens is 1050 g/mol. The van der Waals surface area contributed by atoms with Crippen molar-refractivity contribution < 1.29 is 24.5 Å². The minimum Gasteiger partial charge on any atom is -0.466 e. The highest BCUT2D eigenvalue weighted by Gasteiger charge is 2.18. The van der Waals surface area contributed by atoms with Gasteiger partial charge in [0, 0.05) is 12.8 Å². The standard InChI is InChI=1S/C80H155NO5/c1-3-5-7-9-11-13-15-17-18-19-20-21-22-34-37-40-43-46-49-52-56-60-64-68-72-78(83)77(76-82)81-79(84)73-69-65-61-57-53-50-47-44-41-38-35-32-30-28-26-24-23-25-27-29-31-33-36-39-42-45-48-51-55-59-63-67-71-75-86-80(85)74-70-66-62-58-54-16-14-12-10-8-6-4-2/h12,14,68,72,77-78,82-83H,3-11,13,15-67,69-71,73-76H2,1-2H3,(H,81,84)/b14-12-,72-68+. The number of nitrogens with one attached hydrogen (secondary N) is 1. The summed E-state index contributed by atoms with van der Waals surface area (Å²) in [6, 6.07) is -0.625. The van der Waals surface area contributed by atoms with Gasteiger partial charge in [-0.2, -0.15) is 0 Å². The van der Waals surface area contributed by atoms with Gasteiger partial charge in [0.25, 0.3) is 0 Å². The summed E-state index contributed by atoms with van der Waals surface area (Å²) in [4.78, 5) is 24.6. The number of hydrogen-bond donors (Lipinski definition) is 3. The van der Waals surface area contributed by atoms with Crippen molar-refractivity contribution in [2.75, 3.05) is 13.2 Å². The lowest BCUT2D eigenvalue weighted by Crippen LogP contribution is -2.45. The van der Waals surface area contributed by atoms with Crippen molar-refractivity contribution in [1.29, 1.82) is 0 Å². The molecule has 0 rings (SSSR count). The van der Waals surface area contributed by atoms with Gasteiger partial charge < -0.3 is 20.3 Å². The average molecular weight is 1210 g/mol. The largest absolute Gasteiger partial charge is 0.466 e. The fourth-order valence-corrected chi connectivity index (χ4v) is 12.7. The van der Waals surface area contributed by atoms with Crippen LogP contribution in [-0.4, -0.2) is 47.4 Å². The van der Waals surface area contributed by atoms with Crippen molar-refractivity contribution in [2.45, 2.75) is 463 Å². The maximum atomic E-state index is 12.6. The first-order chi connectivity index (χ1) is 42.5. The molecule has 2 unspecified atom stereocenters. The highest BCUT2D eigenvalue weighted by molar-refractivity contribution is 5.76. The Morgan fingerprint density at radius 3 is 0.849 bits per heavy atom. The first kappa shape index (κ1) is 84.3. The SMILES string of the molecule is CCCCC/C=C\CCCCCCCC(=O)OCCCCCCCCCCCCCCCCCCCCCCCCCCCCCCCCCCCC(=O)NC(CO)C(O)/C=C/CCCCCCCCCCCCCCCCCCCCCCCC. The van der Waals surface area contributed by atoms with Crippen LogP contribution in [0, 0.1) is 0 Å². The number of aliphatic hydroxyl groups is 2. The quantitative estimate of drug-likeness (QED) is 0.0320. The Labute approximate surface area is 539 Å². The van der Waals surface area contributed by atoms with Gasteiger partial charge in [0.1, 0.15) is 0 Å². The number of rotatable bonds is 75. The Balaban J connectivity index is 3.35. The van der Waals surface area contributed by atoms with Gasteiger partial charge in [0.05, 0.1) is 25.4 Å². The lowest BCUT2D eigenvalue weighted by atomic mass is 10.0. The zero-order chi connectivity index (χ0) is 62.0. The van der Waals surface area contributed by atoms with Gasteiger partial charge >= 0.3 is 5.97 Å². The first-order valence-corrected chi connectivity index (χ1v) is 39.6. The Kier molecular flexibility index (Phi) is 74.3. The van der Waals surface area contributed by atoms with E-state index in [1.54, 1.807) is 6.08 Å². The van der Waals surface area contributed by atoms with Crippen LogP contribution in [0.5, 0.6) is 0 Å². The number of ether oxygens (including phenoxy) is 1. The number of hydrogen-bond acceptors (Lipinski definition) is 5. The molecule has 0 fully saturated rings. The monoisotopic (exact) mass is 1210 g/mol. The summed E-state index contributed by atoms with van der Waals surface area (Å²) in [6.07, 6.45) is 97.4. The summed E-state index contributed by atoms with van der Waals surface area (Å²) in [6.45, 7) is 4.93. The molecule has 2 atom stereocenters. The number of unbranched alkanes of at least 4 members (excludes halogenated alkanes) is 62. The molecule has 0 bridgehead atoms. The van der Waals surface area contributed by atoms with Gasteiger partial charge in [-0.1, -0.05) is 404 Å². The molecule has 3 N–H and O–H groups in total. The summed E-state index contributed by atoms with van der Waals surface area (Å²) in [5.74, 6) is -0.0457. The number of aliphatic hydroxyl groups excluding tert-OH is 2. The van der Waals surface area contributed by atoms with Crippen LogP contribution in [-0.2, 0) is 14.3 Å². The van der Waals surface area contributed by atoms with Crippen molar-refractivity contribution >= 4 is 11.9 Å². The molecule has 0 radical (unpaired) electrons. The molecule has 0 aliphatic carbocycles. The van der Waals surface area contributed by atoms with Crippen LogP contribution in [0.25, 0.3) is 0 Å². The third kappa shape index (κ3) is 71.4. The van der Waals surface area contributed by atoms with E-state index in [0.29, 0.717) is 19.4 Å². The number of esters is 1. The molecule has 0 aromatic rings. The van der Waals surface area contributed by atoms with Crippen molar-refractivity contribution in [3.8, 4) is 0 Å². The van der Waals surface area contributed by atoms with Crippen molar-refractivity contribution in [2.24, 2.45) is 0 Å². The third-order valence-electron chi connectivity index (χ3n) is 18.7. The lowest BCUT2D eigenvalue weighted by molar-refractivity contribution is -0.143. The van der Waals surface area contributed by atoms with Gasteiger partial charge in [-0.15, -0.1) is 0 Å². The number of carbonyl (C=O) groups is 2. The molecule has 0 saturated carbocycles. The van der Waals surface area contributed by atoms with E-state index >= 15 is 0 Å². The van der Waals surface area contributed by atoms with E-state index < -0.39 is 12.1 Å². The van der Waals surface area contributed by atoms with Crippen LogP contribution in [0.4, 0.5) is 0 Å². The number of allylic oxidation sites excluding steroid dienone is 3. The van der Waals surface area contributed by atoms with Crippen LogP contribution >= 0.6 is 0 Å². The molecule has 6 heteroatoms. The molecule has 0 aromatic carbocycles. The molecule has 510 valence electrons. The van der Waals surface area contributed by atoms with Crippen molar-refractivity contribution in [1.82, 2.24) is 5.32 Å². The van der Waals surface area contributed by atoms with Crippen molar-refractivity contribution in [3.05, 3.63) is 24.3 Å². The summed E-state index contributed by atoms with van der Waals surface area (Å²) in [5, 5.41) is 23.3. The zero-order valence-electron chi connectivity index (χ0n) is 58.6. The van der Waals surface area contributed by atoms with Crippen molar-refractivity contribution in [3.63, 3.8) is 0 Å². The Morgan fingerprint density at radius 2 is 0.547 bits per heavy atom. The van der Waals surface area contributed by atoms with E-state index in [4.69, 9.17) is 4.74 Å². The van der Waals surface area contributed by atoms with E-state index in [1.165, 1.54) is 379 Å². The maximum Gasteiger partial charge on any atom is 0.305 e. The second kappa shape index (κ2) is 75.8. The molecule has 6 nitrogen and oxygen atoms in total. The van der Waals surface area contributed by atoms with E-state index in [9.17, 15) is 19.8 Å². The Hall–Kier alpha value is -1.66. The molecule has 0 heterocycles. The smallest absolute Gasteiger partial charge is 0.305 e. The highest BCUT2D eigenvalue weighted by Crippen LogP contribution is 2.20. The lowest BCUT2D eigenvalue weighted by Gasteiger charge is -2.20. The molecule has 0 spiro atoms. The molecule has 0 aliphatic heterocycles. The Morgan fingerprint density at radius 1 is 0.314 bits per heavy atom. The zero-order valence-corrected chi connectivity index (χ0v) is 58.6. The van der Waals surface area contributed by atoms with Crippen LogP contribution < -0.4 is 5.32 Å². The summed E-state index contributed by atoms with van der Waals surface area (Å²) >= 11 is 0. The van der Waals surface area contributed by atoms with Gasteiger partial charge in [-0.3, -0.25) is 9.59 Å². The average Bonchev–Trinajstić information content (AvgIpc) is 3.54. The van der Waals surface area contributed by atoms with Crippen LogP contribution in [0.2, 0.25) is 0 Å². The van der Waals surface area contributed by atoms with Gasteiger partial charge in [0.15, 0.2) is 0 Å². The molecule has 86 heavy (non-hydrogen) atoms. The third-order valence-corrected chi connectivity index (χ3v) is 18.7. The summed E-state index contributed by atoms with van der Waals surface area (Å²) < 4.78 is 5.48. The number of carbonyl (C=O) groups excluding carboxylic acids is 2. The van der Waals surface area contributed by atoms with Gasteiger partial charge in [0.2, 0.25) is 5.91 Å². The molecule has 0 saturated heterocycles. The van der Waals surface area contributed by atoms with E-state index in [-0.39, 0.29) is 18.5 Å². The molecular formula is C80H155NO5. The van der Waals surface area contributed by atoms with Crippen LogP contribution in [0.1, 0.15) is 450 Å². The first-order valence-electron chi connectivity index (χ1n) is 39.6. The predicted molar refractivity (Wildman–Crippen MR) is 380 cm³/mol. The van der Waals surface area contributed by atoms with Crippen LogP contribution in [0.15, 0.2) is 24.3 Å². The normalized spacial score (nSPS) is 12.6. The molecule has 0 aromatic heterocycles. The second-order valence-corrected chi connectivity index (χ2v) is 27.4. The summed E-state index contributed by atoms with van der Waals surface area (Å²) in [7, 11) is 0. The minimum absolute atomic E-state index is 0.0121. The molecule has 1 amide bonds. The fraction of sp³-hybridized carbons (Fsp3) is 0.925. The van der Waals surface area contributed by atoms with E-state index in [2.05, 4.69) is 31.3 Å². The Bertz CT molecular complexity index is 1350. The minimum atomic E-state index is -0.842. The van der Waals surface area contributed by atoms with E-state index in [0.717, 1.165) is 44.9 Å². The van der Waals surface area contributed by atoms with Gasteiger partial charge in [-0.05, 0) is 57.8 Å². The summed E-state index contributed by atoms with van der Waals surface area (Å²) in [5.41, 5.74) is 0. The number of amides is 1. The van der Waals surface area contributed by atoms with E-state index in [1.807, 2.05) is 6.08 Å². The molecule has 0 aliphatic rings. The second-order valence-electron chi connectivity index (χ2n) is 27.4.